The van der Waals surface area contributed by atoms with Gasteiger partial charge in [0.2, 0.25) is 5.82 Å². The van der Waals surface area contributed by atoms with Crippen LogP contribution in [-0.2, 0) is 0 Å². The summed E-state index contributed by atoms with van der Waals surface area (Å²) in [6.45, 7) is 0. The van der Waals surface area contributed by atoms with E-state index in [0.29, 0.717) is 17.1 Å². The quantitative estimate of drug-likeness (QED) is 0.764. The Morgan fingerprint density at radius 1 is 1.16 bits per heavy atom. The molecule has 3 rings (SSSR count). The Labute approximate surface area is 107 Å². The van der Waals surface area contributed by atoms with Crippen molar-refractivity contribution in [1.82, 2.24) is 15.1 Å². The molecule has 0 saturated carbocycles. The van der Waals surface area contributed by atoms with Crippen LogP contribution in [0.3, 0.4) is 0 Å². The highest BCUT2D eigenvalue weighted by atomic mass is 19.1. The summed E-state index contributed by atoms with van der Waals surface area (Å²) in [7, 11) is 0. The van der Waals surface area contributed by atoms with Crippen LogP contribution in [0.25, 0.3) is 23.0 Å². The van der Waals surface area contributed by atoms with E-state index in [-0.39, 0.29) is 11.6 Å². The van der Waals surface area contributed by atoms with Gasteiger partial charge >= 0.3 is 0 Å². The number of hydrogen-bond donors (Lipinski definition) is 1. The van der Waals surface area contributed by atoms with E-state index < -0.39 is 5.82 Å². The summed E-state index contributed by atoms with van der Waals surface area (Å²) in [5.41, 5.74) is 1.01. The van der Waals surface area contributed by atoms with E-state index >= 15 is 0 Å². The first-order chi connectivity index (χ1) is 9.22. The third-order valence-electron chi connectivity index (χ3n) is 2.48. The number of phenols is 1. The van der Waals surface area contributed by atoms with Gasteiger partial charge in [-0.2, -0.15) is 4.98 Å². The molecule has 0 atom stereocenters. The minimum absolute atomic E-state index is 0.115. The van der Waals surface area contributed by atoms with Gasteiger partial charge < -0.3 is 9.63 Å². The molecular formula is C13H8FN3O2. The molecule has 1 N–H and O–H groups in total. The summed E-state index contributed by atoms with van der Waals surface area (Å²) in [4.78, 5) is 8.00. The third kappa shape index (κ3) is 2.28. The van der Waals surface area contributed by atoms with Gasteiger partial charge in [-0.15, -0.1) is 0 Å². The molecule has 6 heteroatoms. The van der Waals surface area contributed by atoms with Crippen LogP contribution >= 0.6 is 0 Å². The Balaban J connectivity index is 1.97. The molecule has 0 radical (unpaired) electrons. The number of rotatable bonds is 2. The molecule has 0 amide bonds. The Bertz CT molecular complexity index is 710. The molecule has 0 aliphatic heterocycles. The number of aromatic nitrogens is 3. The number of benzene rings is 1. The maximum absolute atomic E-state index is 12.8. The first-order valence-corrected chi connectivity index (χ1v) is 5.47. The summed E-state index contributed by atoms with van der Waals surface area (Å²) in [6.07, 6.45) is 1.08. The van der Waals surface area contributed by atoms with E-state index in [9.17, 15) is 9.50 Å². The van der Waals surface area contributed by atoms with Crippen molar-refractivity contribution < 1.29 is 14.0 Å². The maximum Gasteiger partial charge on any atom is 0.276 e. The van der Waals surface area contributed by atoms with E-state index in [1.165, 1.54) is 18.2 Å². The normalized spacial score (nSPS) is 10.6. The lowest BCUT2D eigenvalue weighted by atomic mass is 10.2. The molecule has 0 aliphatic carbocycles. The van der Waals surface area contributed by atoms with Crippen LogP contribution in [-0.4, -0.2) is 20.2 Å². The molecule has 0 spiro atoms. The van der Waals surface area contributed by atoms with Crippen LogP contribution in [0.15, 0.2) is 47.1 Å². The summed E-state index contributed by atoms with van der Waals surface area (Å²) in [6, 6.07) is 9.21. The Morgan fingerprint density at radius 3 is 2.79 bits per heavy atom. The van der Waals surface area contributed by atoms with Gasteiger partial charge in [0.05, 0.1) is 6.20 Å². The molecule has 0 saturated heterocycles. The Kier molecular flexibility index (Phi) is 2.68. The zero-order valence-corrected chi connectivity index (χ0v) is 9.62. The van der Waals surface area contributed by atoms with Gasteiger partial charge in [-0.25, -0.2) is 9.37 Å². The van der Waals surface area contributed by atoms with Crippen molar-refractivity contribution in [3.05, 3.63) is 48.4 Å². The first-order valence-electron chi connectivity index (χ1n) is 5.47. The van der Waals surface area contributed by atoms with Crippen LogP contribution in [0.2, 0.25) is 0 Å². The zero-order chi connectivity index (χ0) is 13.2. The Hall–Kier alpha value is -2.76. The molecule has 0 unspecified atom stereocenters. The molecule has 94 valence electrons. The van der Waals surface area contributed by atoms with Crippen LogP contribution in [0.1, 0.15) is 0 Å². The van der Waals surface area contributed by atoms with Crippen molar-refractivity contribution >= 4 is 0 Å². The molecular weight excluding hydrogens is 249 g/mol. The minimum Gasteiger partial charge on any atom is -0.508 e. The predicted molar refractivity (Wildman–Crippen MR) is 64.6 cm³/mol. The number of nitrogens with zero attached hydrogens (tertiary/aromatic N) is 3. The molecule has 0 bridgehead atoms. The van der Waals surface area contributed by atoms with Crippen LogP contribution in [0, 0.1) is 5.82 Å². The monoisotopic (exact) mass is 257 g/mol. The average Bonchev–Trinajstić information content (AvgIpc) is 2.89. The topological polar surface area (TPSA) is 72.0 Å². The third-order valence-corrected chi connectivity index (χ3v) is 2.48. The van der Waals surface area contributed by atoms with Gasteiger partial charge in [-0.05, 0) is 24.3 Å². The highest BCUT2D eigenvalue weighted by molar-refractivity contribution is 5.59. The van der Waals surface area contributed by atoms with E-state index in [0.717, 1.165) is 6.20 Å². The second-order valence-corrected chi connectivity index (χ2v) is 3.84. The van der Waals surface area contributed by atoms with E-state index in [4.69, 9.17) is 4.52 Å². The zero-order valence-electron chi connectivity index (χ0n) is 9.62. The number of pyridine rings is 1. The molecule has 19 heavy (non-hydrogen) atoms. The van der Waals surface area contributed by atoms with Gasteiger partial charge in [0.1, 0.15) is 17.3 Å². The van der Waals surface area contributed by atoms with Gasteiger partial charge in [-0.3, -0.25) is 0 Å². The number of aromatic hydroxyl groups is 1. The second kappa shape index (κ2) is 4.49. The van der Waals surface area contributed by atoms with E-state index in [1.54, 1.807) is 18.2 Å². The van der Waals surface area contributed by atoms with Crippen molar-refractivity contribution in [2.45, 2.75) is 0 Å². The lowest BCUT2D eigenvalue weighted by Gasteiger charge is -1.94. The molecule has 0 fully saturated rings. The number of halogens is 1. The largest absolute Gasteiger partial charge is 0.508 e. The van der Waals surface area contributed by atoms with Crippen LogP contribution in [0.4, 0.5) is 4.39 Å². The highest BCUT2D eigenvalue weighted by Crippen LogP contribution is 2.23. The first kappa shape index (κ1) is 11.3. The standard InChI is InChI=1S/C13H8FN3O2/c14-9-4-5-11(15-7-9)13-16-12(17-19-13)8-2-1-3-10(18)6-8/h1-7,18H. The lowest BCUT2D eigenvalue weighted by Crippen LogP contribution is -1.85. The SMILES string of the molecule is Oc1cccc(-c2noc(-c3ccc(F)cn3)n2)c1. The highest BCUT2D eigenvalue weighted by Gasteiger charge is 2.11. The average molecular weight is 257 g/mol. The number of phenolic OH excluding ortho intramolecular Hbond substituents is 1. The molecule has 3 aromatic rings. The van der Waals surface area contributed by atoms with E-state index in [1.807, 2.05) is 0 Å². The van der Waals surface area contributed by atoms with Gasteiger partial charge in [-0.1, -0.05) is 17.3 Å². The summed E-state index contributed by atoms with van der Waals surface area (Å²) >= 11 is 0. The maximum atomic E-state index is 12.8. The van der Waals surface area contributed by atoms with Crippen LogP contribution in [0.5, 0.6) is 5.75 Å². The Morgan fingerprint density at radius 2 is 2.05 bits per heavy atom. The fourth-order valence-electron chi connectivity index (χ4n) is 1.59. The smallest absolute Gasteiger partial charge is 0.276 e. The van der Waals surface area contributed by atoms with Crippen molar-refractivity contribution in [2.24, 2.45) is 0 Å². The molecule has 0 aliphatic rings. The molecule has 1 aromatic carbocycles. The minimum atomic E-state index is -0.434. The number of hydrogen-bond acceptors (Lipinski definition) is 5. The summed E-state index contributed by atoms with van der Waals surface area (Å²) in [5, 5.41) is 13.2. The van der Waals surface area contributed by atoms with E-state index in [2.05, 4.69) is 15.1 Å². The van der Waals surface area contributed by atoms with Crippen molar-refractivity contribution in [3.63, 3.8) is 0 Å². The fraction of sp³-hybridized carbons (Fsp3) is 0. The molecule has 5 nitrogen and oxygen atoms in total. The van der Waals surface area contributed by atoms with Gasteiger partial charge in [0.25, 0.3) is 5.89 Å². The van der Waals surface area contributed by atoms with Crippen molar-refractivity contribution in [3.8, 4) is 28.7 Å². The summed E-state index contributed by atoms with van der Waals surface area (Å²) < 4.78 is 17.8. The molecule has 2 heterocycles. The van der Waals surface area contributed by atoms with Gasteiger partial charge in [0, 0.05) is 5.56 Å². The van der Waals surface area contributed by atoms with Gasteiger partial charge in [0.15, 0.2) is 0 Å². The van der Waals surface area contributed by atoms with Crippen molar-refractivity contribution in [1.29, 1.82) is 0 Å². The predicted octanol–water partition coefficient (Wildman–Crippen LogP) is 2.64. The molecule has 2 aromatic heterocycles. The summed E-state index contributed by atoms with van der Waals surface area (Å²) in [5.74, 6) is 0.204. The second-order valence-electron chi connectivity index (χ2n) is 3.84. The fourth-order valence-corrected chi connectivity index (χ4v) is 1.59. The van der Waals surface area contributed by atoms with Crippen LogP contribution < -0.4 is 0 Å². The lowest BCUT2D eigenvalue weighted by molar-refractivity contribution is 0.430. The van der Waals surface area contributed by atoms with Crippen molar-refractivity contribution in [2.75, 3.05) is 0 Å².